The van der Waals surface area contributed by atoms with E-state index in [1.807, 2.05) is 6.92 Å². The SMILES string of the molecule is COC(=O)[C@@H](C)C1CCC2C3=CC=C(C)[C@H](C3O)[C@@]21C. The van der Waals surface area contributed by atoms with E-state index in [0.717, 1.165) is 12.8 Å². The largest absolute Gasteiger partial charge is 0.469 e. The average Bonchev–Trinajstić information content (AvgIpc) is 2.81. The van der Waals surface area contributed by atoms with Crippen molar-refractivity contribution >= 4 is 5.97 Å². The maximum atomic E-state index is 12.0. The molecular weight excluding hydrogens is 252 g/mol. The van der Waals surface area contributed by atoms with Crippen LogP contribution in [-0.2, 0) is 9.53 Å². The normalized spacial score (nSPS) is 43.6. The van der Waals surface area contributed by atoms with Crippen molar-refractivity contribution in [1.29, 1.82) is 0 Å². The summed E-state index contributed by atoms with van der Waals surface area (Å²) >= 11 is 0. The Morgan fingerprint density at radius 2 is 2.15 bits per heavy atom. The summed E-state index contributed by atoms with van der Waals surface area (Å²) in [5, 5.41) is 10.6. The van der Waals surface area contributed by atoms with Gasteiger partial charge in [-0.25, -0.2) is 0 Å². The molecule has 0 radical (unpaired) electrons. The third kappa shape index (κ3) is 1.53. The number of esters is 1. The van der Waals surface area contributed by atoms with Gasteiger partial charge >= 0.3 is 5.97 Å². The lowest BCUT2D eigenvalue weighted by molar-refractivity contribution is -0.148. The van der Waals surface area contributed by atoms with E-state index >= 15 is 0 Å². The minimum Gasteiger partial charge on any atom is -0.469 e. The van der Waals surface area contributed by atoms with Gasteiger partial charge in [0.25, 0.3) is 0 Å². The molecule has 0 aromatic rings. The lowest BCUT2D eigenvalue weighted by Crippen LogP contribution is -2.40. The molecule has 0 saturated heterocycles. The molecule has 3 nitrogen and oxygen atoms in total. The van der Waals surface area contributed by atoms with Crippen molar-refractivity contribution in [2.24, 2.45) is 29.1 Å². The molecule has 110 valence electrons. The van der Waals surface area contributed by atoms with Crippen molar-refractivity contribution in [1.82, 2.24) is 0 Å². The zero-order valence-corrected chi connectivity index (χ0v) is 12.7. The van der Waals surface area contributed by atoms with Crippen LogP contribution in [-0.4, -0.2) is 24.3 Å². The molecule has 2 saturated carbocycles. The number of carbonyl (C=O) groups is 1. The number of fused-ring (bicyclic) bond motifs is 5. The van der Waals surface area contributed by atoms with Crippen molar-refractivity contribution in [3.8, 4) is 0 Å². The summed E-state index contributed by atoms with van der Waals surface area (Å²) in [7, 11) is 1.46. The van der Waals surface area contributed by atoms with Gasteiger partial charge in [-0.3, -0.25) is 4.79 Å². The summed E-state index contributed by atoms with van der Waals surface area (Å²) < 4.78 is 4.95. The van der Waals surface area contributed by atoms with Gasteiger partial charge in [-0.05, 0) is 42.6 Å². The molecule has 2 fully saturated rings. The number of hydrogen-bond donors (Lipinski definition) is 1. The van der Waals surface area contributed by atoms with Crippen molar-refractivity contribution in [3.63, 3.8) is 0 Å². The lowest BCUT2D eigenvalue weighted by Gasteiger charge is -2.40. The fourth-order valence-corrected chi connectivity index (χ4v) is 5.36. The van der Waals surface area contributed by atoms with E-state index in [1.54, 1.807) is 0 Å². The van der Waals surface area contributed by atoms with Crippen LogP contribution >= 0.6 is 0 Å². The van der Waals surface area contributed by atoms with Crippen LogP contribution < -0.4 is 0 Å². The van der Waals surface area contributed by atoms with Gasteiger partial charge in [-0.15, -0.1) is 0 Å². The van der Waals surface area contributed by atoms with Crippen LogP contribution in [0.3, 0.4) is 0 Å². The Kier molecular flexibility index (Phi) is 3.09. The van der Waals surface area contributed by atoms with E-state index in [0.29, 0.717) is 5.92 Å². The van der Waals surface area contributed by atoms with E-state index < -0.39 is 0 Å². The molecule has 0 aliphatic heterocycles. The first-order chi connectivity index (χ1) is 9.42. The quantitative estimate of drug-likeness (QED) is 0.789. The molecule has 0 spiro atoms. The van der Waals surface area contributed by atoms with Gasteiger partial charge in [-0.1, -0.05) is 31.6 Å². The van der Waals surface area contributed by atoms with Gasteiger partial charge in [0.05, 0.1) is 19.1 Å². The highest BCUT2D eigenvalue weighted by Gasteiger charge is 2.63. The second kappa shape index (κ2) is 4.45. The van der Waals surface area contributed by atoms with E-state index in [2.05, 4.69) is 26.0 Å². The molecule has 0 aromatic carbocycles. The summed E-state index contributed by atoms with van der Waals surface area (Å²) in [5.74, 6) is 0.630. The first kappa shape index (κ1) is 13.9. The molecule has 0 heterocycles. The molecule has 20 heavy (non-hydrogen) atoms. The Balaban J connectivity index is 2.01. The number of allylic oxidation sites excluding steroid dienone is 2. The second-order valence-corrected chi connectivity index (χ2v) is 6.91. The van der Waals surface area contributed by atoms with Crippen molar-refractivity contribution in [2.45, 2.75) is 39.7 Å². The summed E-state index contributed by atoms with van der Waals surface area (Å²) in [5.41, 5.74) is 2.41. The molecule has 3 aliphatic rings. The van der Waals surface area contributed by atoms with Crippen LogP contribution in [0.5, 0.6) is 0 Å². The zero-order valence-electron chi connectivity index (χ0n) is 12.7. The number of aliphatic hydroxyl groups excluding tert-OH is 1. The van der Waals surface area contributed by atoms with Crippen LogP contribution in [0.1, 0.15) is 33.6 Å². The number of rotatable bonds is 2. The van der Waals surface area contributed by atoms with Gasteiger partial charge in [0.15, 0.2) is 0 Å². The minimum atomic E-state index is -0.359. The highest BCUT2D eigenvalue weighted by atomic mass is 16.5. The van der Waals surface area contributed by atoms with Gasteiger partial charge in [0.1, 0.15) is 0 Å². The third-order valence-corrected chi connectivity index (χ3v) is 6.25. The molecule has 3 unspecified atom stereocenters. The molecule has 2 bridgehead atoms. The average molecular weight is 276 g/mol. The zero-order chi connectivity index (χ0) is 14.7. The highest BCUT2D eigenvalue weighted by molar-refractivity contribution is 5.72. The summed E-state index contributed by atoms with van der Waals surface area (Å²) in [6.07, 6.45) is 6.02. The first-order valence-corrected chi connectivity index (χ1v) is 7.57. The summed E-state index contributed by atoms with van der Waals surface area (Å²) in [6, 6.07) is 0. The van der Waals surface area contributed by atoms with Gasteiger partial charge in [0.2, 0.25) is 0 Å². The molecule has 3 aliphatic carbocycles. The van der Waals surface area contributed by atoms with Crippen LogP contribution in [0.2, 0.25) is 0 Å². The topological polar surface area (TPSA) is 46.5 Å². The molecular formula is C17H24O3. The molecule has 1 N–H and O–H groups in total. The fourth-order valence-electron chi connectivity index (χ4n) is 5.36. The molecule has 3 heteroatoms. The Labute approximate surface area is 120 Å². The van der Waals surface area contributed by atoms with Crippen molar-refractivity contribution in [2.75, 3.05) is 7.11 Å². The van der Waals surface area contributed by atoms with E-state index in [4.69, 9.17) is 4.74 Å². The molecule has 0 amide bonds. The fraction of sp³-hybridized carbons (Fsp3) is 0.706. The lowest BCUT2D eigenvalue weighted by atomic mass is 9.64. The van der Waals surface area contributed by atoms with Crippen LogP contribution in [0, 0.1) is 29.1 Å². The first-order valence-electron chi connectivity index (χ1n) is 7.57. The minimum absolute atomic E-state index is 0.0179. The second-order valence-electron chi connectivity index (χ2n) is 6.91. The van der Waals surface area contributed by atoms with Gasteiger partial charge in [0, 0.05) is 5.92 Å². The van der Waals surface area contributed by atoms with Crippen LogP contribution in [0.15, 0.2) is 23.3 Å². The maximum Gasteiger partial charge on any atom is 0.308 e. The summed E-state index contributed by atoms with van der Waals surface area (Å²) in [6.45, 7) is 6.35. The van der Waals surface area contributed by atoms with E-state index in [9.17, 15) is 9.90 Å². The van der Waals surface area contributed by atoms with Crippen LogP contribution in [0.25, 0.3) is 0 Å². The maximum absolute atomic E-state index is 12.0. The summed E-state index contributed by atoms with van der Waals surface area (Å²) in [4.78, 5) is 12.0. The van der Waals surface area contributed by atoms with Gasteiger partial charge < -0.3 is 9.84 Å². The Bertz CT molecular complexity index is 504. The smallest absolute Gasteiger partial charge is 0.308 e. The third-order valence-electron chi connectivity index (χ3n) is 6.25. The van der Waals surface area contributed by atoms with Crippen LogP contribution in [0.4, 0.5) is 0 Å². The Hall–Kier alpha value is -1.09. The predicted octanol–water partition coefficient (Wildman–Crippen LogP) is 2.71. The number of ether oxygens (including phenoxy) is 1. The van der Waals surface area contributed by atoms with Crippen molar-refractivity contribution < 1.29 is 14.6 Å². The number of aliphatic hydroxyl groups is 1. The number of hydrogen-bond acceptors (Lipinski definition) is 3. The molecule has 3 rings (SSSR count). The van der Waals surface area contributed by atoms with Gasteiger partial charge in [-0.2, -0.15) is 0 Å². The highest BCUT2D eigenvalue weighted by Crippen LogP contribution is 2.66. The number of carbonyl (C=O) groups excluding carboxylic acids is 1. The van der Waals surface area contributed by atoms with E-state index in [1.165, 1.54) is 18.3 Å². The predicted molar refractivity (Wildman–Crippen MR) is 76.8 cm³/mol. The molecule has 0 aromatic heterocycles. The monoisotopic (exact) mass is 276 g/mol. The Morgan fingerprint density at radius 3 is 2.80 bits per heavy atom. The standard InChI is InChI=1S/C17H24O3/c1-9-5-6-11-13-8-7-12(10(2)16(19)20-4)17(13,3)14(9)15(11)18/h5-6,10,12-15,18H,7-8H2,1-4H3/t10-,12?,13?,14+,15?,17+/m0/s1. The number of methoxy groups -OCH3 is 1. The van der Waals surface area contributed by atoms with Crippen molar-refractivity contribution in [3.05, 3.63) is 23.3 Å². The Morgan fingerprint density at radius 1 is 1.45 bits per heavy atom. The van der Waals surface area contributed by atoms with E-state index in [-0.39, 0.29) is 35.2 Å². The molecule has 6 atom stereocenters.